The van der Waals surface area contributed by atoms with Crippen LogP contribution in [0.25, 0.3) is 0 Å². The Hall–Kier alpha value is -1.12. The van der Waals surface area contributed by atoms with E-state index in [2.05, 4.69) is 22.6 Å². The Morgan fingerprint density at radius 3 is 2.89 bits per heavy atom. The fourth-order valence-electron chi connectivity index (χ4n) is 1.60. The lowest BCUT2D eigenvalue weighted by atomic mass is 10.0. The fourth-order valence-corrected chi connectivity index (χ4v) is 2.12. The number of rotatable bonds is 6. The molecule has 0 fully saturated rings. The van der Waals surface area contributed by atoms with Crippen molar-refractivity contribution in [2.75, 3.05) is 0 Å². The number of aliphatic hydroxyl groups is 1. The minimum Gasteiger partial charge on any atom is -0.508 e. The highest BCUT2D eigenvalue weighted by Gasteiger charge is 2.12. The van der Waals surface area contributed by atoms with Gasteiger partial charge < -0.3 is 10.2 Å². The molecule has 1 rings (SSSR count). The summed E-state index contributed by atoms with van der Waals surface area (Å²) in [6.07, 6.45) is 3.88. The lowest BCUT2D eigenvalue weighted by molar-refractivity contribution is -0.124. The van der Waals surface area contributed by atoms with Crippen molar-refractivity contribution in [1.82, 2.24) is 5.48 Å². The number of nitrogens with one attached hydrogen (secondary N) is 1. The zero-order chi connectivity index (χ0) is 14.3. The zero-order valence-electron chi connectivity index (χ0n) is 10.2. The molecule has 5 nitrogen and oxygen atoms in total. The van der Waals surface area contributed by atoms with Gasteiger partial charge in [-0.15, -0.1) is 0 Å². The third-order valence-corrected chi connectivity index (χ3v) is 3.25. The van der Waals surface area contributed by atoms with E-state index >= 15 is 0 Å². The van der Waals surface area contributed by atoms with Gasteiger partial charge in [-0.05, 0) is 60.1 Å². The van der Waals surface area contributed by atoms with Crippen LogP contribution in [0.4, 0.5) is 0 Å². The number of hydrogen-bond acceptors (Lipinski definition) is 4. The Morgan fingerprint density at radius 1 is 1.47 bits per heavy atom. The molecule has 1 aromatic carbocycles. The molecule has 6 heteroatoms. The number of hydroxylamine groups is 1. The molecule has 0 saturated heterocycles. The predicted molar refractivity (Wildman–Crippen MR) is 78.7 cm³/mol. The van der Waals surface area contributed by atoms with Crippen LogP contribution in [0.3, 0.4) is 0 Å². The maximum atomic E-state index is 10.7. The molecule has 0 aromatic heterocycles. The Bertz CT molecular complexity index is 462. The minimum atomic E-state index is -0.727. The van der Waals surface area contributed by atoms with Gasteiger partial charge in [0.25, 0.3) is 5.91 Å². The fraction of sp³-hybridized carbons (Fsp3) is 0.308. The maximum absolute atomic E-state index is 10.7. The second-order valence-corrected chi connectivity index (χ2v) is 5.27. The van der Waals surface area contributed by atoms with E-state index in [0.717, 1.165) is 3.57 Å². The summed E-state index contributed by atoms with van der Waals surface area (Å²) < 4.78 is 0.948. The quantitative estimate of drug-likeness (QED) is 0.201. The van der Waals surface area contributed by atoms with E-state index in [0.29, 0.717) is 24.8 Å². The van der Waals surface area contributed by atoms with Crippen molar-refractivity contribution in [1.29, 1.82) is 0 Å². The van der Waals surface area contributed by atoms with Crippen molar-refractivity contribution in [2.24, 2.45) is 0 Å². The molecule has 19 heavy (non-hydrogen) atoms. The smallest absolute Gasteiger partial charge is 0.267 e. The summed E-state index contributed by atoms with van der Waals surface area (Å²) in [4.78, 5) is 10.7. The van der Waals surface area contributed by atoms with E-state index < -0.39 is 12.0 Å². The molecule has 0 aliphatic heterocycles. The van der Waals surface area contributed by atoms with E-state index in [1.165, 1.54) is 11.6 Å². The SMILES string of the molecule is O=C(/C=C/CCC[C@H](O)c1cc(I)ccc1O)NO. The Balaban J connectivity index is 2.43. The molecular weight excluding hydrogens is 361 g/mol. The lowest BCUT2D eigenvalue weighted by Crippen LogP contribution is -2.14. The van der Waals surface area contributed by atoms with Gasteiger partial charge in [0.1, 0.15) is 5.75 Å². The van der Waals surface area contributed by atoms with E-state index in [1.54, 1.807) is 24.3 Å². The monoisotopic (exact) mass is 377 g/mol. The lowest BCUT2D eigenvalue weighted by Gasteiger charge is -2.12. The first-order valence-corrected chi connectivity index (χ1v) is 6.89. The highest BCUT2D eigenvalue weighted by molar-refractivity contribution is 14.1. The molecule has 0 bridgehead atoms. The number of carbonyl (C=O) groups excluding carboxylic acids is 1. The molecule has 4 N–H and O–H groups in total. The Kier molecular flexibility index (Phi) is 6.82. The van der Waals surface area contributed by atoms with Gasteiger partial charge in [0.15, 0.2) is 0 Å². The first-order chi connectivity index (χ1) is 9.04. The van der Waals surface area contributed by atoms with E-state index in [1.807, 2.05) is 0 Å². The van der Waals surface area contributed by atoms with Crippen molar-refractivity contribution in [3.8, 4) is 5.75 Å². The van der Waals surface area contributed by atoms with Crippen LogP contribution in [-0.2, 0) is 4.79 Å². The number of amides is 1. The van der Waals surface area contributed by atoms with Gasteiger partial charge in [0, 0.05) is 15.2 Å². The van der Waals surface area contributed by atoms with Crippen molar-refractivity contribution in [3.63, 3.8) is 0 Å². The first-order valence-electron chi connectivity index (χ1n) is 5.81. The van der Waals surface area contributed by atoms with Crippen molar-refractivity contribution >= 4 is 28.5 Å². The Labute approximate surface area is 125 Å². The van der Waals surface area contributed by atoms with Crippen LogP contribution in [0, 0.1) is 3.57 Å². The summed E-state index contributed by atoms with van der Waals surface area (Å²) in [7, 11) is 0. The third-order valence-electron chi connectivity index (χ3n) is 2.58. The first kappa shape index (κ1) is 15.9. The number of phenolic OH excluding ortho intramolecular Hbond substituents is 1. The molecule has 0 unspecified atom stereocenters. The molecule has 0 spiro atoms. The molecule has 1 atom stereocenters. The van der Waals surface area contributed by atoms with E-state index in [4.69, 9.17) is 5.21 Å². The maximum Gasteiger partial charge on any atom is 0.267 e. The summed E-state index contributed by atoms with van der Waals surface area (Å²) in [5, 5.41) is 27.9. The number of hydrogen-bond donors (Lipinski definition) is 4. The average Bonchev–Trinajstić information content (AvgIpc) is 2.40. The highest BCUT2D eigenvalue weighted by atomic mass is 127. The predicted octanol–water partition coefficient (Wildman–Crippen LogP) is 2.26. The number of benzene rings is 1. The molecule has 0 radical (unpaired) electrons. The molecule has 0 heterocycles. The summed E-state index contributed by atoms with van der Waals surface area (Å²) in [5.41, 5.74) is 2.01. The summed E-state index contributed by atoms with van der Waals surface area (Å²) in [5.74, 6) is -0.487. The number of phenols is 1. The molecule has 1 aromatic rings. The van der Waals surface area contributed by atoms with Crippen LogP contribution >= 0.6 is 22.6 Å². The van der Waals surface area contributed by atoms with Crippen LogP contribution in [-0.4, -0.2) is 21.3 Å². The largest absolute Gasteiger partial charge is 0.508 e. The van der Waals surface area contributed by atoms with Gasteiger partial charge >= 0.3 is 0 Å². The average molecular weight is 377 g/mol. The van der Waals surface area contributed by atoms with Gasteiger partial charge in [-0.3, -0.25) is 10.0 Å². The number of allylic oxidation sites excluding steroid dienone is 1. The standard InChI is InChI=1S/C13H16INO4/c14-9-6-7-12(17)10(8-9)11(16)4-2-1-3-5-13(18)15-19/h3,5-8,11,16-17,19H,1-2,4H2,(H,15,18)/b5-3+/t11-/m0/s1. The third kappa shape index (κ3) is 5.58. The molecule has 0 saturated carbocycles. The summed E-state index contributed by atoms with van der Waals surface area (Å²) in [6, 6.07) is 5.07. The van der Waals surface area contributed by atoms with Gasteiger partial charge in [0.2, 0.25) is 0 Å². The second kappa shape index (κ2) is 8.13. The van der Waals surface area contributed by atoms with E-state index in [-0.39, 0.29) is 5.75 Å². The van der Waals surface area contributed by atoms with Gasteiger partial charge in [0.05, 0.1) is 6.10 Å². The normalized spacial score (nSPS) is 12.6. The van der Waals surface area contributed by atoms with Crippen molar-refractivity contribution in [2.45, 2.75) is 25.4 Å². The molecule has 0 aliphatic carbocycles. The van der Waals surface area contributed by atoms with Crippen LogP contribution in [0.5, 0.6) is 5.75 Å². The number of aliphatic hydroxyl groups excluding tert-OH is 1. The molecule has 104 valence electrons. The van der Waals surface area contributed by atoms with Crippen LogP contribution in [0.15, 0.2) is 30.4 Å². The highest BCUT2D eigenvalue weighted by Crippen LogP contribution is 2.29. The Morgan fingerprint density at radius 2 is 2.21 bits per heavy atom. The van der Waals surface area contributed by atoms with Gasteiger partial charge in [-0.2, -0.15) is 0 Å². The topological polar surface area (TPSA) is 89.8 Å². The number of unbranched alkanes of at least 4 members (excludes halogenated alkanes) is 1. The molecule has 1 amide bonds. The number of halogens is 1. The van der Waals surface area contributed by atoms with Gasteiger partial charge in [-0.25, -0.2) is 5.48 Å². The molecule has 0 aliphatic rings. The van der Waals surface area contributed by atoms with Crippen LogP contribution in [0.1, 0.15) is 30.9 Å². The summed E-state index contributed by atoms with van der Waals surface area (Å²) >= 11 is 2.12. The minimum absolute atomic E-state index is 0.0862. The zero-order valence-corrected chi connectivity index (χ0v) is 12.4. The summed E-state index contributed by atoms with van der Waals surface area (Å²) in [6.45, 7) is 0. The second-order valence-electron chi connectivity index (χ2n) is 4.03. The van der Waals surface area contributed by atoms with Crippen molar-refractivity contribution < 1.29 is 20.2 Å². The van der Waals surface area contributed by atoms with Gasteiger partial charge in [-0.1, -0.05) is 6.08 Å². The van der Waals surface area contributed by atoms with Crippen LogP contribution in [0.2, 0.25) is 0 Å². The van der Waals surface area contributed by atoms with Crippen molar-refractivity contribution in [3.05, 3.63) is 39.5 Å². The number of aromatic hydroxyl groups is 1. The van der Waals surface area contributed by atoms with Crippen LogP contribution < -0.4 is 5.48 Å². The molecular formula is C13H16INO4. The van der Waals surface area contributed by atoms with E-state index in [9.17, 15) is 15.0 Å². The number of carbonyl (C=O) groups is 1.